The van der Waals surface area contributed by atoms with E-state index in [1.54, 1.807) is 0 Å². The van der Waals surface area contributed by atoms with Gasteiger partial charge in [0.05, 0.1) is 0 Å². The summed E-state index contributed by atoms with van der Waals surface area (Å²) in [4.78, 5) is 12.4. The first-order valence-corrected chi connectivity index (χ1v) is 16.4. The monoisotopic (exact) mass is 444 g/mol. The van der Waals surface area contributed by atoms with Crippen LogP contribution in [-0.2, 0) is 9.32 Å². The van der Waals surface area contributed by atoms with E-state index in [-0.39, 0.29) is 5.97 Å². The zero-order valence-electron chi connectivity index (χ0n) is 21.4. The Kier molecular flexibility index (Phi) is 22.0. The number of carbonyl (C=O) groups excluding carboxylic acids is 1. The van der Waals surface area contributed by atoms with Crippen LogP contribution in [0.25, 0.3) is 0 Å². The van der Waals surface area contributed by atoms with Crippen LogP contribution in [0, 0.1) is 0 Å². The van der Waals surface area contributed by atoms with Crippen molar-refractivity contribution in [2.24, 2.45) is 0 Å². The second-order valence-electron chi connectivity index (χ2n) is 9.56. The number of unbranched alkanes of at least 4 members (excludes halogenated alkanes) is 15. The van der Waals surface area contributed by atoms with Crippen molar-refractivity contribution >= 4 is 13.5 Å². The Morgan fingerprint density at radius 3 is 1.10 bits per heavy atom. The molecule has 0 bridgehead atoms. The van der Waals surface area contributed by atoms with Crippen LogP contribution in [0.1, 0.15) is 150 Å². The van der Waals surface area contributed by atoms with E-state index in [1.165, 1.54) is 134 Å². The summed E-state index contributed by atoms with van der Waals surface area (Å²) < 4.78 is 6.37. The molecule has 0 spiro atoms. The molecular formula is C27H57O2P. The molecule has 0 saturated carbocycles. The fourth-order valence-corrected chi connectivity index (χ4v) is 8.89. The van der Waals surface area contributed by atoms with Crippen LogP contribution in [0.2, 0.25) is 0 Å². The van der Waals surface area contributed by atoms with Gasteiger partial charge in [-0.05, 0) is 0 Å². The van der Waals surface area contributed by atoms with E-state index in [1.807, 2.05) is 6.92 Å². The average Bonchev–Trinajstić information content (AvgIpc) is 2.75. The van der Waals surface area contributed by atoms with E-state index >= 15 is 0 Å². The quantitative estimate of drug-likeness (QED) is 0.116. The van der Waals surface area contributed by atoms with Crippen LogP contribution in [0.4, 0.5) is 0 Å². The molecule has 0 aliphatic rings. The van der Waals surface area contributed by atoms with Gasteiger partial charge in [0.2, 0.25) is 0 Å². The molecule has 0 aromatic rings. The zero-order valence-corrected chi connectivity index (χ0v) is 22.4. The van der Waals surface area contributed by atoms with Gasteiger partial charge in [0.25, 0.3) is 0 Å². The van der Waals surface area contributed by atoms with Crippen molar-refractivity contribution in [3.63, 3.8) is 0 Å². The van der Waals surface area contributed by atoms with Crippen molar-refractivity contribution in [1.29, 1.82) is 0 Å². The molecule has 0 heterocycles. The summed E-state index contributed by atoms with van der Waals surface area (Å²) in [5.74, 6) is 0.0737. The second kappa shape index (κ2) is 22.1. The van der Waals surface area contributed by atoms with E-state index in [4.69, 9.17) is 4.52 Å². The molecule has 2 nitrogen and oxygen atoms in total. The predicted octanol–water partition coefficient (Wildman–Crippen LogP) is 9.69. The molecule has 30 heavy (non-hydrogen) atoms. The molecule has 0 unspecified atom stereocenters. The maximum absolute atomic E-state index is 12.4. The molecule has 3 heteroatoms. The molecule has 0 atom stereocenters. The van der Waals surface area contributed by atoms with Crippen molar-refractivity contribution in [2.75, 3.05) is 18.5 Å². The zero-order chi connectivity index (χ0) is 22.3. The van der Waals surface area contributed by atoms with Gasteiger partial charge in [-0.15, -0.1) is 0 Å². The molecular weight excluding hydrogens is 387 g/mol. The van der Waals surface area contributed by atoms with Gasteiger partial charge in [-0.2, -0.15) is 0 Å². The molecule has 0 saturated heterocycles. The third-order valence-electron chi connectivity index (χ3n) is 6.58. The Morgan fingerprint density at radius 1 is 0.500 bits per heavy atom. The Bertz CT molecular complexity index is 329. The normalized spacial score (nSPS) is 12.3. The number of carbonyl (C=O) groups is 1. The molecule has 0 aromatic heterocycles. The molecule has 0 aromatic carbocycles. The van der Waals surface area contributed by atoms with Crippen LogP contribution >= 0.6 is 7.49 Å². The summed E-state index contributed by atoms with van der Waals surface area (Å²) in [6.07, 6.45) is 28.2. The summed E-state index contributed by atoms with van der Waals surface area (Å²) in [5, 5.41) is 0. The minimum absolute atomic E-state index is 0.0737. The van der Waals surface area contributed by atoms with Crippen molar-refractivity contribution in [1.82, 2.24) is 0 Å². The number of hydrogen-bond acceptors (Lipinski definition) is 2. The third-order valence-corrected chi connectivity index (χ3v) is 11.0. The molecule has 182 valence electrons. The van der Waals surface area contributed by atoms with Crippen molar-refractivity contribution in [3.8, 4) is 0 Å². The fourth-order valence-electron chi connectivity index (χ4n) is 4.52. The fraction of sp³-hybridized carbons (Fsp3) is 0.963. The van der Waals surface area contributed by atoms with Crippen LogP contribution in [-0.4, -0.2) is 24.5 Å². The van der Waals surface area contributed by atoms with Crippen LogP contribution in [0.15, 0.2) is 0 Å². The minimum atomic E-state index is -1.93. The Labute approximate surface area is 191 Å². The van der Waals surface area contributed by atoms with E-state index < -0.39 is 7.49 Å². The van der Waals surface area contributed by atoms with E-state index in [9.17, 15) is 4.79 Å². The SMILES string of the molecule is CCCCCCCC[PH](CCCCCCCC)(CCCCCCCC)OC(=O)CC. The van der Waals surface area contributed by atoms with Crippen molar-refractivity contribution < 1.29 is 9.32 Å². The van der Waals surface area contributed by atoms with Gasteiger partial charge < -0.3 is 0 Å². The van der Waals surface area contributed by atoms with Crippen LogP contribution < -0.4 is 0 Å². The Morgan fingerprint density at radius 2 is 0.800 bits per heavy atom. The first-order chi connectivity index (χ1) is 14.6. The van der Waals surface area contributed by atoms with E-state index in [2.05, 4.69) is 20.8 Å². The standard InChI is InChI=1S/C27H57O2P/c1-5-9-12-15-18-21-24-30(29-27(28)8-4,25-22-19-16-13-10-6-2)26-23-20-17-14-11-7-3/h30H,5-26H2,1-4H3. The molecule has 0 aliphatic carbocycles. The molecule has 0 rings (SSSR count). The van der Waals surface area contributed by atoms with Gasteiger partial charge in [-0.25, -0.2) is 0 Å². The first-order valence-electron chi connectivity index (χ1n) is 13.9. The molecule has 0 fully saturated rings. The van der Waals surface area contributed by atoms with Gasteiger partial charge in [0.15, 0.2) is 0 Å². The van der Waals surface area contributed by atoms with Gasteiger partial charge in [0, 0.05) is 0 Å². The average molecular weight is 445 g/mol. The van der Waals surface area contributed by atoms with Gasteiger partial charge in [0.1, 0.15) is 0 Å². The summed E-state index contributed by atoms with van der Waals surface area (Å²) in [5.41, 5.74) is 0. The van der Waals surface area contributed by atoms with Crippen LogP contribution in [0.5, 0.6) is 0 Å². The molecule has 0 aliphatic heterocycles. The van der Waals surface area contributed by atoms with E-state index in [0.29, 0.717) is 6.42 Å². The summed E-state index contributed by atoms with van der Waals surface area (Å²) in [7, 11) is -1.93. The first kappa shape index (κ1) is 29.9. The summed E-state index contributed by atoms with van der Waals surface area (Å²) in [6.45, 7) is 8.80. The number of hydrogen-bond donors (Lipinski definition) is 0. The topological polar surface area (TPSA) is 26.3 Å². The predicted molar refractivity (Wildman–Crippen MR) is 139 cm³/mol. The van der Waals surface area contributed by atoms with Crippen molar-refractivity contribution in [2.45, 2.75) is 150 Å². The molecule has 0 N–H and O–H groups in total. The van der Waals surface area contributed by atoms with E-state index in [0.717, 1.165) is 0 Å². The second-order valence-corrected chi connectivity index (χ2v) is 13.6. The molecule has 0 amide bonds. The van der Waals surface area contributed by atoms with Gasteiger partial charge >= 0.3 is 191 Å². The molecule has 0 radical (unpaired) electrons. The summed E-state index contributed by atoms with van der Waals surface area (Å²) >= 11 is 0. The number of rotatable bonds is 23. The Balaban J connectivity index is 4.72. The van der Waals surface area contributed by atoms with Crippen molar-refractivity contribution in [3.05, 3.63) is 0 Å². The Hall–Kier alpha value is -0.100. The maximum atomic E-state index is 12.4. The third kappa shape index (κ3) is 17.6. The van der Waals surface area contributed by atoms with Gasteiger partial charge in [-0.1, -0.05) is 0 Å². The van der Waals surface area contributed by atoms with Crippen LogP contribution in [0.3, 0.4) is 0 Å². The van der Waals surface area contributed by atoms with Gasteiger partial charge in [-0.3, -0.25) is 0 Å². The summed E-state index contributed by atoms with van der Waals surface area (Å²) in [6, 6.07) is 0.